The second-order valence-corrected chi connectivity index (χ2v) is 8.22. The summed E-state index contributed by atoms with van der Waals surface area (Å²) < 4.78 is 8.63. The highest BCUT2D eigenvalue weighted by molar-refractivity contribution is 6.26. The normalized spacial score (nSPS) is 12.7. The molecule has 0 spiro atoms. The molecule has 30 heavy (non-hydrogen) atoms. The number of rotatable bonds is 0. The first-order chi connectivity index (χ1) is 14.9. The fourth-order valence-electron chi connectivity index (χ4n) is 5.38. The van der Waals surface area contributed by atoms with Gasteiger partial charge in [0.2, 0.25) is 0 Å². The van der Waals surface area contributed by atoms with Crippen molar-refractivity contribution >= 4 is 70.8 Å². The summed E-state index contributed by atoms with van der Waals surface area (Å²) in [5.41, 5.74) is 5.70. The number of nitrogens with zero attached hydrogens (tertiary/aromatic N) is 1. The van der Waals surface area contributed by atoms with Gasteiger partial charge in [-0.1, -0.05) is 60.7 Å². The van der Waals surface area contributed by atoms with Crippen molar-refractivity contribution in [3.63, 3.8) is 0 Å². The molecule has 0 saturated heterocycles. The fourth-order valence-corrected chi connectivity index (χ4v) is 5.38. The van der Waals surface area contributed by atoms with Crippen LogP contribution in [0.25, 0.3) is 70.8 Å². The Kier molecular flexibility index (Phi) is 2.44. The summed E-state index contributed by atoms with van der Waals surface area (Å²) in [4.78, 5) is 0. The number of furan rings is 1. The third kappa shape index (κ3) is 1.63. The van der Waals surface area contributed by atoms with Gasteiger partial charge in [-0.2, -0.15) is 0 Å². The third-order valence-corrected chi connectivity index (χ3v) is 6.68. The van der Waals surface area contributed by atoms with Crippen LogP contribution in [0.3, 0.4) is 0 Å². The van der Waals surface area contributed by atoms with Gasteiger partial charge in [0.15, 0.2) is 0 Å². The van der Waals surface area contributed by atoms with Crippen molar-refractivity contribution in [3.05, 3.63) is 91.0 Å². The molecule has 0 radical (unpaired) electrons. The number of fused-ring (bicyclic) bond motifs is 10. The Morgan fingerprint density at radius 1 is 0.467 bits per heavy atom. The first-order valence-electron chi connectivity index (χ1n) is 10.3. The number of hydrogen-bond acceptors (Lipinski definition) is 1. The van der Waals surface area contributed by atoms with Crippen molar-refractivity contribution < 1.29 is 4.42 Å². The van der Waals surface area contributed by atoms with E-state index in [1.54, 1.807) is 0 Å². The number of hydrogen-bond donors (Lipinski definition) is 0. The molecule has 5 aromatic carbocycles. The van der Waals surface area contributed by atoms with Gasteiger partial charge >= 0.3 is 0 Å². The molecule has 0 aliphatic heterocycles. The van der Waals surface area contributed by atoms with Crippen molar-refractivity contribution in [2.45, 2.75) is 0 Å². The minimum atomic E-state index is 0.943. The molecule has 0 amide bonds. The standard InChI is InChI=1S/C28H15NO/c1-2-7-17-13-24-21(12-16(17)6-1)19-9-5-10-20-22-15-27-23(14-25(22)29(24)28(19)20)18-8-3-4-11-26(18)30-27/h1-15H. The van der Waals surface area contributed by atoms with E-state index in [0.717, 1.165) is 11.2 Å². The van der Waals surface area contributed by atoms with Crippen LogP contribution in [-0.4, -0.2) is 4.40 Å². The molecule has 0 aliphatic carbocycles. The van der Waals surface area contributed by atoms with Crippen LogP contribution in [0.15, 0.2) is 95.4 Å². The molecule has 0 N–H and O–H groups in total. The van der Waals surface area contributed by atoms with Crippen molar-refractivity contribution in [2.24, 2.45) is 0 Å². The molecule has 8 aromatic rings. The summed E-state index contributed by atoms with van der Waals surface area (Å²) in [5, 5.41) is 10.1. The minimum Gasteiger partial charge on any atom is -0.456 e. The zero-order chi connectivity index (χ0) is 19.4. The Morgan fingerprint density at radius 2 is 1.13 bits per heavy atom. The predicted molar refractivity (Wildman–Crippen MR) is 126 cm³/mol. The van der Waals surface area contributed by atoms with Gasteiger partial charge in [-0.05, 0) is 41.1 Å². The molecular formula is C28H15NO. The zero-order valence-electron chi connectivity index (χ0n) is 16.0. The lowest BCUT2D eigenvalue weighted by Gasteiger charge is -2.01. The summed E-state index contributed by atoms with van der Waals surface area (Å²) in [6, 6.07) is 32.8. The van der Waals surface area contributed by atoms with E-state index in [1.165, 1.54) is 59.6 Å². The maximum atomic E-state index is 6.18. The van der Waals surface area contributed by atoms with E-state index in [-0.39, 0.29) is 0 Å². The zero-order valence-corrected chi connectivity index (χ0v) is 16.0. The lowest BCUT2D eigenvalue weighted by molar-refractivity contribution is 0.669. The van der Waals surface area contributed by atoms with E-state index in [4.69, 9.17) is 4.42 Å². The maximum Gasteiger partial charge on any atom is 0.136 e. The quantitative estimate of drug-likeness (QED) is 0.261. The monoisotopic (exact) mass is 381 g/mol. The number of benzene rings is 5. The highest BCUT2D eigenvalue weighted by Crippen LogP contribution is 2.42. The van der Waals surface area contributed by atoms with Crippen LogP contribution in [0.2, 0.25) is 0 Å². The van der Waals surface area contributed by atoms with E-state index in [0.29, 0.717) is 0 Å². The van der Waals surface area contributed by atoms with Crippen LogP contribution in [-0.2, 0) is 0 Å². The van der Waals surface area contributed by atoms with Crippen molar-refractivity contribution in [2.75, 3.05) is 0 Å². The molecule has 0 unspecified atom stereocenters. The van der Waals surface area contributed by atoms with Gasteiger partial charge < -0.3 is 8.82 Å². The van der Waals surface area contributed by atoms with E-state index < -0.39 is 0 Å². The van der Waals surface area contributed by atoms with Crippen LogP contribution in [0.5, 0.6) is 0 Å². The number of para-hydroxylation sites is 2. The summed E-state index contributed by atoms with van der Waals surface area (Å²) in [6.07, 6.45) is 0. The maximum absolute atomic E-state index is 6.18. The second-order valence-electron chi connectivity index (χ2n) is 8.22. The van der Waals surface area contributed by atoms with Crippen molar-refractivity contribution in [1.82, 2.24) is 4.40 Å². The Balaban J connectivity index is 1.69. The molecule has 0 fully saturated rings. The van der Waals surface area contributed by atoms with Crippen molar-refractivity contribution in [1.29, 1.82) is 0 Å². The molecule has 0 atom stereocenters. The summed E-state index contributed by atoms with van der Waals surface area (Å²) in [6.45, 7) is 0. The SMILES string of the molecule is c1ccc2cc3c(cc2c1)c1cccc2c4cc5oc6ccccc6c5cc4n3c12. The fraction of sp³-hybridized carbons (Fsp3) is 0. The smallest absolute Gasteiger partial charge is 0.136 e. The molecule has 0 saturated carbocycles. The molecule has 8 rings (SSSR count). The molecule has 3 aromatic heterocycles. The van der Waals surface area contributed by atoms with Gasteiger partial charge in [0.05, 0.1) is 16.6 Å². The van der Waals surface area contributed by atoms with Crippen molar-refractivity contribution in [3.8, 4) is 0 Å². The van der Waals surface area contributed by atoms with Gasteiger partial charge in [0.25, 0.3) is 0 Å². The number of aromatic nitrogens is 1. The Morgan fingerprint density at radius 3 is 2.00 bits per heavy atom. The van der Waals surface area contributed by atoms with E-state index in [1.807, 2.05) is 12.1 Å². The first kappa shape index (κ1) is 14.9. The van der Waals surface area contributed by atoms with Crippen LogP contribution >= 0.6 is 0 Å². The average molecular weight is 381 g/mol. The Hall–Kier alpha value is -4.04. The van der Waals surface area contributed by atoms with Crippen LogP contribution in [0.1, 0.15) is 0 Å². The van der Waals surface area contributed by atoms with Crippen LogP contribution in [0, 0.1) is 0 Å². The van der Waals surface area contributed by atoms with Gasteiger partial charge in [-0.15, -0.1) is 0 Å². The molecule has 0 bridgehead atoms. The molecule has 2 nitrogen and oxygen atoms in total. The first-order valence-corrected chi connectivity index (χ1v) is 10.3. The van der Waals surface area contributed by atoms with E-state index in [2.05, 4.69) is 83.3 Å². The lowest BCUT2D eigenvalue weighted by atomic mass is 10.0. The molecule has 2 heteroatoms. The lowest BCUT2D eigenvalue weighted by Crippen LogP contribution is -1.81. The Bertz CT molecular complexity index is 1950. The predicted octanol–water partition coefficient (Wildman–Crippen LogP) is 7.89. The van der Waals surface area contributed by atoms with E-state index >= 15 is 0 Å². The Labute approximate surface area is 170 Å². The molecule has 3 heterocycles. The minimum absolute atomic E-state index is 0.943. The summed E-state index contributed by atoms with van der Waals surface area (Å²) >= 11 is 0. The third-order valence-electron chi connectivity index (χ3n) is 6.68. The summed E-state index contributed by atoms with van der Waals surface area (Å²) in [5.74, 6) is 0. The molecular weight excluding hydrogens is 366 g/mol. The largest absolute Gasteiger partial charge is 0.456 e. The molecule has 138 valence electrons. The van der Waals surface area contributed by atoms with E-state index in [9.17, 15) is 0 Å². The van der Waals surface area contributed by atoms with Gasteiger partial charge in [-0.25, -0.2) is 0 Å². The van der Waals surface area contributed by atoms with Gasteiger partial charge in [0.1, 0.15) is 11.2 Å². The topological polar surface area (TPSA) is 17.6 Å². The van der Waals surface area contributed by atoms with Crippen LogP contribution < -0.4 is 0 Å². The highest BCUT2D eigenvalue weighted by Gasteiger charge is 2.19. The van der Waals surface area contributed by atoms with Gasteiger partial charge in [0, 0.05) is 32.3 Å². The second kappa shape index (κ2) is 4.92. The molecule has 0 aliphatic rings. The highest BCUT2D eigenvalue weighted by atomic mass is 16.3. The average Bonchev–Trinajstić information content (AvgIpc) is 3.42. The van der Waals surface area contributed by atoms with Crippen LogP contribution in [0.4, 0.5) is 0 Å². The van der Waals surface area contributed by atoms with Gasteiger partial charge in [-0.3, -0.25) is 0 Å². The summed E-state index contributed by atoms with van der Waals surface area (Å²) in [7, 11) is 0.